The molecule has 0 bridgehead atoms. The number of benzene rings is 2. The van der Waals surface area contributed by atoms with E-state index in [9.17, 15) is 19.2 Å². The predicted molar refractivity (Wildman–Crippen MR) is 117 cm³/mol. The molecule has 6 nitrogen and oxygen atoms in total. The summed E-state index contributed by atoms with van der Waals surface area (Å²) in [4.78, 5) is 48.2. The molecule has 2 aromatic rings. The molecule has 0 unspecified atom stereocenters. The first kappa shape index (κ1) is 22.4. The number of ketones is 2. The zero-order valence-corrected chi connectivity index (χ0v) is 17.1. The minimum Gasteiger partial charge on any atom is -0.458 e. The van der Waals surface area contributed by atoms with Crippen LogP contribution in [0.4, 0.5) is 0 Å². The van der Waals surface area contributed by atoms with Crippen LogP contribution in [-0.4, -0.2) is 23.5 Å². The zero-order chi connectivity index (χ0) is 22.8. The number of hydrogen-bond donors (Lipinski definition) is 0. The lowest BCUT2D eigenvalue weighted by atomic mass is 9.96. The Labute approximate surface area is 185 Å². The molecule has 0 radical (unpaired) electrons. The van der Waals surface area contributed by atoms with E-state index in [2.05, 4.69) is 0 Å². The molecule has 1 aliphatic carbocycles. The summed E-state index contributed by atoms with van der Waals surface area (Å²) in [6.45, 7) is 0.205. The summed E-state index contributed by atoms with van der Waals surface area (Å²) in [6, 6.07) is 18.3. The molecule has 0 heterocycles. The number of carbonyl (C=O) groups excluding carboxylic acids is 4. The first-order valence-corrected chi connectivity index (χ1v) is 9.81. The minimum atomic E-state index is -0.633. The van der Waals surface area contributed by atoms with E-state index in [1.54, 1.807) is 0 Å². The van der Waals surface area contributed by atoms with Gasteiger partial charge in [-0.2, -0.15) is 0 Å². The number of esters is 2. The first-order chi connectivity index (χ1) is 15.5. The van der Waals surface area contributed by atoms with Gasteiger partial charge in [0.1, 0.15) is 13.2 Å². The molecule has 0 N–H and O–H groups in total. The smallest absolute Gasteiger partial charge is 0.331 e. The fourth-order valence-electron chi connectivity index (χ4n) is 2.72. The van der Waals surface area contributed by atoms with Gasteiger partial charge in [-0.25, -0.2) is 9.59 Å². The van der Waals surface area contributed by atoms with Gasteiger partial charge in [-0.15, -0.1) is 0 Å². The molecule has 0 saturated carbocycles. The van der Waals surface area contributed by atoms with E-state index in [1.165, 1.54) is 12.2 Å². The molecule has 3 rings (SSSR count). The van der Waals surface area contributed by atoms with Crippen molar-refractivity contribution in [2.75, 3.05) is 0 Å². The summed E-state index contributed by atoms with van der Waals surface area (Å²) in [6.07, 6.45) is 6.87. The highest BCUT2D eigenvalue weighted by molar-refractivity contribution is 6.22. The molecule has 0 aliphatic heterocycles. The minimum absolute atomic E-state index is 0.0514. The van der Waals surface area contributed by atoms with Gasteiger partial charge in [0.2, 0.25) is 0 Å². The van der Waals surface area contributed by atoms with E-state index in [0.29, 0.717) is 0 Å². The summed E-state index contributed by atoms with van der Waals surface area (Å²) >= 11 is 0. The summed E-state index contributed by atoms with van der Waals surface area (Å²) < 4.78 is 10.2. The van der Waals surface area contributed by atoms with Gasteiger partial charge in [-0.3, -0.25) is 9.59 Å². The normalized spacial score (nSPS) is 13.8. The largest absolute Gasteiger partial charge is 0.458 e. The first-order valence-electron chi connectivity index (χ1n) is 9.81. The third-order valence-electron chi connectivity index (χ3n) is 4.39. The molecule has 6 heteroatoms. The number of hydrogen-bond acceptors (Lipinski definition) is 6. The van der Waals surface area contributed by atoms with Gasteiger partial charge in [0.15, 0.2) is 11.6 Å². The highest BCUT2D eigenvalue weighted by Crippen LogP contribution is 2.14. The fourth-order valence-corrected chi connectivity index (χ4v) is 2.72. The molecular weight excluding hydrogens is 408 g/mol. The number of allylic oxidation sites excluding steroid dienone is 6. The average molecular weight is 428 g/mol. The fraction of sp³-hybridized carbons (Fsp3) is 0.0769. The van der Waals surface area contributed by atoms with E-state index in [0.717, 1.165) is 35.4 Å². The lowest BCUT2D eigenvalue weighted by Crippen LogP contribution is -2.12. The van der Waals surface area contributed by atoms with Crippen molar-refractivity contribution in [3.63, 3.8) is 0 Å². The van der Waals surface area contributed by atoms with Crippen LogP contribution in [0.5, 0.6) is 0 Å². The summed E-state index contributed by atoms with van der Waals surface area (Å²) in [5.74, 6) is -2.19. The Morgan fingerprint density at radius 3 is 1.38 bits per heavy atom. The van der Waals surface area contributed by atoms with Gasteiger partial charge in [0.25, 0.3) is 0 Å². The van der Waals surface area contributed by atoms with Crippen LogP contribution in [0.3, 0.4) is 0 Å². The molecule has 0 spiro atoms. The molecule has 0 atom stereocenters. The van der Waals surface area contributed by atoms with Crippen molar-refractivity contribution < 1.29 is 28.7 Å². The Balaban J connectivity index is 1.51. The van der Waals surface area contributed by atoms with Crippen molar-refractivity contribution in [3.8, 4) is 0 Å². The van der Waals surface area contributed by atoms with Crippen LogP contribution in [0.25, 0.3) is 0 Å². The highest BCUT2D eigenvalue weighted by atomic mass is 16.5. The highest BCUT2D eigenvalue weighted by Gasteiger charge is 2.17. The lowest BCUT2D eigenvalue weighted by Gasteiger charge is -2.07. The summed E-state index contributed by atoms with van der Waals surface area (Å²) in [5.41, 5.74) is 1.77. The Kier molecular flexibility index (Phi) is 7.81. The van der Waals surface area contributed by atoms with Crippen LogP contribution in [0, 0.1) is 0 Å². The van der Waals surface area contributed by atoms with E-state index in [-0.39, 0.29) is 24.4 Å². The second kappa shape index (κ2) is 11.2. The topological polar surface area (TPSA) is 86.7 Å². The Morgan fingerprint density at radius 2 is 1.00 bits per heavy atom. The number of carbonyl (C=O) groups is 4. The van der Waals surface area contributed by atoms with Gasteiger partial charge in [0, 0.05) is 23.3 Å². The summed E-state index contributed by atoms with van der Waals surface area (Å²) in [5, 5.41) is 0. The van der Waals surface area contributed by atoms with Crippen LogP contribution < -0.4 is 0 Å². The number of ether oxygens (including phenoxy) is 2. The maximum absolute atomic E-state index is 12.2. The molecule has 0 aromatic heterocycles. The molecule has 0 amide bonds. The van der Waals surface area contributed by atoms with E-state index >= 15 is 0 Å². The summed E-state index contributed by atoms with van der Waals surface area (Å²) in [7, 11) is 0. The van der Waals surface area contributed by atoms with E-state index in [1.807, 2.05) is 60.7 Å². The van der Waals surface area contributed by atoms with Crippen molar-refractivity contribution in [1.82, 2.24) is 0 Å². The lowest BCUT2D eigenvalue weighted by molar-refractivity contribution is -0.139. The van der Waals surface area contributed by atoms with Gasteiger partial charge >= 0.3 is 11.9 Å². The zero-order valence-electron chi connectivity index (χ0n) is 17.1. The van der Waals surface area contributed by atoms with Crippen LogP contribution in [0.15, 0.2) is 108 Å². The van der Waals surface area contributed by atoms with Crippen LogP contribution in [0.2, 0.25) is 0 Å². The second-order valence-electron chi connectivity index (χ2n) is 6.78. The SMILES string of the molecule is O=C(/C=C/C1=CC(=O)C(/C=C/C(=O)OCc2ccccc2)=CC1=O)OCc1ccccc1. The van der Waals surface area contributed by atoms with Crippen molar-refractivity contribution in [3.05, 3.63) is 119 Å². The third-order valence-corrected chi connectivity index (χ3v) is 4.39. The molecular formula is C26H20O6. The monoisotopic (exact) mass is 428 g/mol. The van der Waals surface area contributed by atoms with Crippen molar-refractivity contribution in [1.29, 1.82) is 0 Å². The molecule has 0 fully saturated rings. The molecule has 2 aromatic carbocycles. The van der Waals surface area contributed by atoms with Gasteiger partial charge in [-0.1, -0.05) is 60.7 Å². The number of rotatable bonds is 8. The Hall–Kier alpha value is -4.32. The Morgan fingerprint density at radius 1 is 0.625 bits per heavy atom. The molecule has 0 saturated heterocycles. The van der Waals surface area contributed by atoms with Gasteiger partial charge < -0.3 is 9.47 Å². The Bertz CT molecular complexity index is 1030. The quantitative estimate of drug-likeness (QED) is 0.363. The predicted octanol–water partition coefficient (Wildman–Crippen LogP) is 3.59. The van der Waals surface area contributed by atoms with Gasteiger partial charge in [-0.05, 0) is 35.4 Å². The molecule has 160 valence electrons. The maximum atomic E-state index is 12.2. The second-order valence-corrected chi connectivity index (χ2v) is 6.78. The molecule has 32 heavy (non-hydrogen) atoms. The van der Waals surface area contributed by atoms with Crippen molar-refractivity contribution in [2.45, 2.75) is 13.2 Å². The van der Waals surface area contributed by atoms with Crippen LogP contribution in [0.1, 0.15) is 11.1 Å². The van der Waals surface area contributed by atoms with E-state index < -0.39 is 23.5 Å². The van der Waals surface area contributed by atoms with Crippen LogP contribution in [-0.2, 0) is 41.9 Å². The average Bonchev–Trinajstić information content (AvgIpc) is 2.82. The van der Waals surface area contributed by atoms with Crippen molar-refractivity contribution in [2.24, 2.45) is 0 Å². The molecule has 1 aliphatic rings. The van der Waals surface area contributed by atoms with E-state index in [4.69, 9.17) is 9.47 Å². The third kappa shape index (κ3) is 6.88. The van der Waals surface area contributed by atoms with Crippen molar-refractivity contribution >= 4 is 23.5 Å². The van der Waals surface area contributed by atoms with Gasteiger partial charge in [0.05, 0.1) is 0 Å². The maximum Gasteiger partial charge on any atom is 0.331 e. The standard InChI is InChI=1S/C26H20O6/c27-23-16-22(12-14-26(30)32-18-20-9-5-2-6-10-20)24(28)15-21(23)11-13-25(29)31-17-19-7-3-1-4-8-19/h1-16H,17-18H2/b13-11+,14-12+. The van der Waals surface area contributed by atoms with Crippen LogP contribution >= 0.6 is 0 Å².